The number of benzene rings is 2. The minimum atomic E-state index is -4.27. The molecule has 2 aromatic heterocycles. The van der Waals surface area contributed by atoms with Crippen molar-refractivity contribution < 1.29 is 13.2 Å². The Bertz CT molecular complexity index is 1420. The Kier molecular flexibility index (Phi) is 3.54. The van der Waals surface area contributed by atoms with Crippen molar-refractivity contribution in [2.24, 2.45) is 5.92 Å². The van der Waals surface area contributed by atoms with Gasteiger partial charge in [0.2, 0.25) is 5.91 Å². The van der Waals surface area contributed by atoms with Gasteiger partial charge in [0.1, 0.15) is 4.90 Å². The Morgan fingerprint density at radius 1 is 0.964 bits per heavy atom. The van der Waals surface area contributed by atoms with Gasteiger partial charge in [0.25, 0.3) is 10.0 Å². The van der Waals surface area contributed by atoms with Crippen molar-refractivity contribution in [3.05, 3.63) is 71.3 Å². The first kappa shape index (κ1) is 16.9. The summed E-state index contributed by atoms with van der Waals surface area (Å²) in [5, 5.41) is 0.648. The third-order valence-corrected chi connectivity index (χ3v) is 6.69. The van der Waals surface area contributed by atoms with Crippen LogP contribution in [0, 0.1) is 5.92 Å². The van der Waals surface area contributed by atoms with Crippen LogP contribution in [-0.4, -0.2) is 27.8 Å². The number of carbonyl (C=O) groups excluding carboxylic acids is 1. The standard InChI is InChI=1S/C20H15N3O4S/c24-19(14-10-11-14)22-15-7-1-2-8-16(15)23(20(22)25)28(26,27)17-9-3-5-13-6-4-12-21-18(13)17/h1-9,12,14H,10-11H2. The maximum absolute atomic E-state index is 13.5. The maximum atomic E-state index is 13.5. The van der Waals surface area contributed by atoms with Gasteiger partial charge in [-0.15, -0.1) is 0 Å². The van der Waals surface area contributed by atoms with Crippen LogP contribution >= 0.6 is 0 Å². The lowest BCUT2D eigenvalue weighted by Crippen LogP contribution is -2.33. The molecule has 4 aromatic rings. The highest BCUT2D eigenvalue weighted by molar-refractivity contribution is 7.90. The fraction of sp³-hybridized carbons (Fsp3) is 0.150. The van der Waals surface area contributed by atoms with E-state index in [1.807, 2.05) is 0 Å². The summed E-state index contributed by atoms with van der Waals surface area (Å²) in [6.45, 7) is 0. The second-order valence-corrected chi connectivity index (χ2v) is 8.58. The van der Waals surface area contributed by atoms with Gasteiger partial charge in [-0.1, -0.05) is 30.3 Å². The SMILES string of the molecule is O=C(C1CC1)n1c(=O)n(S(=O)(=O)c2cccc3cccnc23)c2ccccc21. The number of hydrogen-bond acceptors (Lipinski definition) is 5. The van der Waals surface area contributed by atoms with E-state index in [1.54, 1.807) is 42.5 Å². The summed E-state index contributed by atoms with van der Waals surface area (Å²) < 4.78 is 28.7. The van der Waals surface area contributed by atoms with Gasteiger partial charge in [0.15, 0.2) is 0 Å². The van der Waals surface area contributed by atoms with Crippen LogP contribution in [0.5, 0.6) is 0 Å². The normalized spacial score (nSPS) is 14.6. The minimum Gasteiger partial charge on any atom is -0.274 e. The van der Waals surface area contributed by atoms with Crippen molar-refractivity contribution in [1.29, 1.82) is 0 Å². The van der Waals surface area contributed by atoms with Gasteiger partial charge < -0.3 is 0 Å². The highest BCUT2D eigenvalue weighted by Gasteiger charge is 2.35. The lowest BCUT2D eigenvalue weighted by Gasteiger charge is -2.08. The zero-order valence-corrected chi connectivity index (χ0v) is 15.5. The topological polar surface area (TPSA) is 91.0 Å². The quantitative estimate of drug-likeness (QED) is 0.534. The molecule has 0 saturated heterocycles. The average Bonchev–Trinajstić information content (AvgIpc) is 3.50. The molecule has 28 heavy (non-hydrogen) atoms. The lowest BCUT2D eigenvalue weighted by molar-refractivity contribution is 0.0887. The zero-order valence-electron chi connectivity index (χ0n) is 14.6. The Morgan fingerprint density at radius 3 is 2.43 bits per heavy atom. The fourth-order valence-corrected chi connectivity index (χ4v) is 5.03. The molecule has 0 unspecified atom stereocenters. The molecule has 1 aliphatic rings. The number of aromatic nitrogens is 3. The fourth-order valence-electron chi connectivity index (χ4n) is 3.46. The van der Waals surface area contributed by atoms with E-state index >= 15 is 0 Å². The van der Waals surface area contributed by atoms with Gasteiger partial charge in [0.05, 0.1) is 16.6 Å². The third kappa shape index (κ3) is 2.34. The smallest absolute Gasteiger partial charge is 0.274 e. The number of imidazole rings is 1. The van der Waals surface area contributed by atoms with Crippen molar-refractivity contribution in [2.75, 3.05) is 0 Å². The molecule has 7 nitrogen and oxygen atoms in total. The van der Waals surface area contributed by atoms with Crippen LogP contribution < -0.4 is 5.69 Å². The number of rotatable bonds is 3. The molecule has 0 amide bonds. The Balaban J connectivity index is 1.85. The number of fused-ring (bicyclic) bond motifs is 2. The molecule has 5 rings (SSSR count). The number of pyridine rings is 1. The predicted octanol–water partition coefficient (Wildman–Crippen LogP) is 2.64. The van der Waals surface area contributed by atoms with Gasteiger partial charge in [-0.2, -0.15) is 3.97 Å². The van der Waals surface area contributed by atoms with Gasteiger partial charge in [-0.25, -0.2) is 17.8 Å². The molecule has 0 aliphatic heterocycles. The number of hydrogen-bond donors (Lipinski definition) is 0. The van der Waals surface area contributed by atoms with E-state index in [9.17, 15) is 18.0 Å². The highest BCUT2D eigenvalue weighted by atomic mass is 32.2. The van der Waals surface area contributed by atoms with Crippen LogP contribution in [0.25, 0.3) is 21.9 Å². The van der Waals surface area contributed by atoms with Crippen LogP contribution in [0.1, 0.15) is 17.6 Å². The van der Waals surface area contributed by atoms with Gasteiger partial charge in [-0.3, -0.25) is 9.78 Å². The van der Waals surface area contributed by atoms with Crippen LogP contribution in [-0.2, 0) is 10.0 Å². The molecule has 0 bridgehead atoms. The van der Waals surface area contributed by atoms with Crippen molar-refractivity contribution in [3.8, 4) is 0 Å². The van der Waals surface area contributed by atoms with E-state index < -0.39 is 15.7 Å². The van der Waals surface area contributed by atoms with Crippen molar-refractivity contribution >= 4 is 37.9 Å². The van der Waals surface area contributed by atoms with E-state index in [-0.39, 0.29) is 27.8 Å². The highest BCUT2D eigenvalue weighted by Crippen LogP contribution is 2.32. The van der Waals surface area contributed by atoms with Crippen LogP contribution in [0.4, 0.5) is 0 Å². The molecule has 0 radical (unpaired) electrons. The first-order valence-electron chi connectivity index (χ1n) is 8.86. The Hall–Kier alpha value is -3.26. The van der Waals surface area contributed by atoms with Crippen LogP contribution in [0.3, 0.4) is 0 Å². The maximum Gasteiger partial charge on any atom is 0.350 e. The summed E-state index contributed by atoms with van der Waals surface area (Å²) in [4.78, 5) is 29.9. The molecule has 1 aliphatic carbocycles. The summed E-state index contributed by atoms with van der Waals surface area (Å²) in [6, 6.07) is 14.7. The van der Waals surface area contributed by atoms with Gasteiger partial charge in [-0.05, 0) is 37.1 Å². The summed E-state index contributed by atoms with van der Waals surface area (Å²) in [7, 11) is -4.27. The summed E-state index contributed by atoms with van der Waals surface area (Å²) in [6.07, 6.45) is 2.93. The summed E-state index contributed by atoms with van der Waals surface area (Å²) in [5.74, 6) is -0.579. The zero-order chi connectivity index (χ0) is 19.5. The van der Waals surface area contributed by atoms with E-state index in [0.29, 0.717) is 27.7 Å². The molecule has 8 heteroatoms. The molecule has 140 valence electrons. The lowest BCUT2D eigenvalue weighted by atomic mass is 10.2. The number of para-hydroxylation sites is 3. The first-order chi connectivity index (χ1) is 13.5. The molecule has 0 atom stereocenters. The predicted molar refractivity (Wildman–Crippen MR) is 104 cm³/mol. The minimum absolute atomic E-state index is 0.0746. The molecule has 0 spiro atoms. The number of nitrogens with zero attached hydrogens (tertiary/aromatic N) is 3. The largest absolute Gasteiger partial charge is 0.350 e. The molecular formula is C20H15N3O4S. The Labute approximate surface area is 159 Å². The van der Waals surface area contributed by atoms with Crippen LogP contribution in [0.2, 0.25) is 0 Å². The third-order valence-electron chi connectivity index (χ3n) is 4.97. The monoisotopic (exact) mass is 393 g/mol. The van der Waals surface area contributed by atoms with E-state index in [2.05, 4.69) is 4.98 Å². The van der Waals surface area contributed by atoms with E-state index in [4.69, 9.17) is 0 Å². The molecule has 2 aromatic carbocycles. The van der Waals surface area contributed by atoms with Crippen molar-refractivity contribution in [2.45, 2.75) is 17.7 Å². The Morgan fingerprint density at radius 2 is 1.68 bits per heavy atom. The molecule has 1 fully saturated rings. The second-order valence-electron chi connectivity index (χ2n) is 6.82. The first-order valence-corrected chi connectivity index (χ1v) is 10.3. The summed E-state index contributed by atoms with van der Waals surface area (Å²) >= 11 is 0. The van der Waals surface area contributed by atoms with Crippen molar-refractivity contribution in [1.82, 2.24) is 13.5 Å². The van der Waals surface area contributed by atoms with Gasteiger partial charge >= 0.3 is 5.69 Å². The van der Waals surface area contributed by atoms with Crippen LogP contribution in [0.15, 0.2) is 70.5 Å². The molecular weight excluding hydrogens is 378 g/mol. The average molecular weight is 393 g/mol. The second kappa shape index (κ2) is 5.87. The molecule has 0 N–H and O–H groups in total. The molecule has 1 saturated carbocycles. The van der Waals surface area contributed by atoms with E-state index in [1.165, 1.54) is 18.3 Å². The summed E-state index contributed by atoms with van der Waals surface area (Å²) in [5.41, 5.74) is -0.121. The van der Waals surface area contributed by atoms with E-state index in [0.717, 1.165) is 4.57 Å². The number of carbonyl (C=O) groups is 1. The van der Waals surface area contributed by atoms with Crippen molar-refractivity contribution in [3.63, 3.8) is 0 Å². The molecule has 2 heterocycles. The van der Waals surface area contributed by atoms with Gasteiger partial charge in [0, 0.05) is 17.5 Å².